The minimum atomic E-state index is -0.320. The fourth-order valence-electron chi connectivity index (χ4n) is 2.53. The minimum absolute atomic E-state index is 0.200. The van der Waals surface area contributed by atoms with Crippen molar-refractivity contribution in [2.75, 3.05) is 26.7 Å². The summed E-state index contributed by atoms with van der Waals surface area (Å²) < 4.78 is 13.3. The van der Waals surface area contributed by atoms with Gasteiger partial charge < -0.3 is 5.32 Å². The molecule has 0 unspecified atom stereocenters. The standard InChI is InChI=1S/C14H20ClFN2/c1-17-9-11-4-6-18(7-5-11)10-12-2-3-13(15)14(16)8-12/h2-3,8,11,17H,4-7,9-10H2,1H3. The molecule has 1 fully saturated rings. The minimum Gasteiger partial charge on any atom is -0.319 e. The molecule has 2 rings (SSSR count). The number of rotatable bonds is 4. The van der Waals surface area contributed by atoms with Crippen molar-refractivity contribution >= 4 is 11.6 Å². The predicted octanol–water partition coefficient (Wildman–Crippen LogP) is 2.91. The summed E-state index contributed by atoms with van der Waals surface area (Å²) in [4.78, 5) is 2.38. The molecule has 0 aromatic heterocycles. The van der Waals surface area contributed by atoms with Gasteiger partial charge in [0.25, 0.3) is 0 Å². The summed E-state index contributed by atoms with van der Waals surface area (Å²) in [6.07, 6.45) is 2.44. The number of hydrogen-bond acceptors (Lipinski definition) is 2. The van der Waals surface area contributed by atoms with Gasteiger partial charge in [-0.3, -0.25) is 4.90 Å². The third-order valence-electron chi connectivity index (χ3n) is 3.59. The molecule has 0 spiro atoms. The van der Waals surface area contributed by atoms with Crippen LogP contribution in [0.25, 0.3) is 0 Å². The van der Waals surface area contributed by atoms with Crippen LogP contribution in [0.3, 0.4) is 0 Å². The molecule has 1 aromatic carbocycles. The molecule has 0 atom stereocenters. The third kappa shape index (κ3) is 3.67. The summed E-state index contributed by atoms with van der Waals surface area (Å²) in [5, 5.41) is 3.43. The zero-order valence-corrected chi connectivity index (χ0v) is 11.5. The maximum absolute atomic E-state index is 13.3. The second-order valence-electron chi connectivity index (χ2n) is 5.03. The highest BCUT2D eigenvalue weighted by atomic mass is 35.5. The lowest BCUT2D eigenvalue weighted by Crippen LogP contribution is -2.36. The lowest BCUT2D eigenvalue weighted by Gasteiger charge is -2.31. The molecule has 0 bridgehead atoms. The van der Waals surface area contributed by atoms with Crippen LogP contribution in [-0.4, -0.2) is 31.6 Å². The van der Waals surface area contributed by atoms with E-state index in [0.29, 0.717) is 0 Å². The van der Waals surface area contributed by atoms with Gasteiger partial charge in [-0.1, -0.05) is 17.7 Å². The van der Waals surface area contributed by atoms with Crippen LogP contribution >= 0.6 is 11.6 Å². The first-order valence-electron chi connectivity index (χ1n) is 6.50. The van der Waals surface area contributed by atoms with Crippen molar-refractivity contribution in [3.63, 3.8) is 0 Å². The molecule has 0 saturated carbocycles. The van der Waals surface area contributed by atoms with E-state index in [1.807, 2.05) is 13.1 Å². The number of benzene rings is 1. The molecule has 1 aliphatic rings. The van der Waals surface area contributed by atoms with Crippen molar-refractivity contribution in [3.8, 4) is 0 Å². The zero-order chi connectivity index (χ0) is 13.0. The van der Waals surface area contributed by atoms with E-state index in [1.165, 1.54) is 12.8 Å². The van der Waals surface area contributed by atoms with Crippen LogP contribution in [0.4, 0.5) is 4.39 Å². The first kappa shape index (κ1) is 13.8. The van der Waals surface area contributed by atoms with E-state index in [1.54, 1.807) is 12.1 Å². The topological polar surface area (TPSA) is 15.3 Å². The van der Waals surface area contributed by atoms with Gasteiger partial charge in [0.2, 0.25) is 0 Å². The van der Waals surface area contributed by atoms with Crippen LogP contribution < -0.4 is 5.32 Å². The van der Waals surface area contributed by atoms with Crippen molar-refractivity contribution in [3.05, 3.63) is 34.6 Å². The van der Waals surface area contributed by atoms with Crippen molar-refractivity contribution in [2.45, 2.75) is 19.4 Å². The SMILES string of the molecule is CNCC1CCN(Cc2ccc(Cl)c(F)c2)CC1. The third-order valence-corrected chi connectivity index (χ3v) is 3.90. The highest BCUT2D eigenvalue weighted by molar-refractivity contribution is 6.30. The summed E-state index contributed by atoms with van der Waals surface area (Å²) in [5.74, 6) is 0.465. The second-order valence-corrected chi connectivity index (χ2v) is 5.43. The summed E-state index contributed by atoms with van der Waals surface area (Å²) in [5.41, 5.74) is 1.00. The smallest absolute Gasteiger partial charge is 0.142 e. The van der Waals surface area contributed by atoms with E-state index < -0.39 is 0 Å². The molecule has 4 heteroatoms. The molecule has 0 amide bonds. The van der Waals surface area contributed by atoms with Crippen LogP contribution in [0.15, 0.2) is 18.2 Å². The number of likely N-dealkylation sites (tertiary alicyclic amines) is 1. The van der Waals surface area contributed by atoms with Crippen LogP contribution in [0.5, 0.6) is 0 Å². The Bertz CT molecular complexity index is 389. The number of halogens is 2. The summed E-state index contributed by atoms with van der Waals surface area (Å²) >= 11 is 5.68. The lowest BCUT2D eigenvalue weighted by molar-refractivity contribution is 0.176. The molecule has 1 aliphatic heterocycles. The molecular weight excluding hydrogens is 251 g/mol. The van der Waals surface area contributed by atoms with Gasteiger partial charge in [0.05, 0.1) is 5.02 Å². The maximum atomic E-state index is 13.3. The zero-order valence-electron chi connectivity index (χ0n) is 10.8. The average Bonchev–Trinajstić information content (AvgIpc) is 2.37. The monoisotopic (exact) mass is 270 g/mol. The Kier molecular flexibility index (Phi) is 4.98. The van der Waals surface area contributed by atoms with Gasteiger partial charge in [-0.15, -0.1) is 0 Å². The quantitative estimate of drug-likeness (QED) is 0.905. The fraction of sp³-hybridized carbons (Fsp3) is 0.571. The molecule has 0 radical (unpaired) electrons. The van der Waals surface area contributed by atoms with E-state index in [2.05, 4.69) is 10.2 Å². The normalized spacial score (nSPS) is 18.2. The lowest BCUT2D eigenvalue weighted by atomic mass is 9.96. The summed E-state index contributed by atoms with van der Waals surface area (Å²) in [6, 6.07) is 5.09. The first-order chi connectivity index (χ1) is 8.69. The van der Waals surface area contributed by atoms with Gasteiger partial charge >= 0.3 is 0 Å². The number of nitrogens with one attached hydrogen (secondary N) is 1. The molecule has 1 saturated heterocycles. The van der Waals surface area contributed by atoms with Gasteiger partial charge in [0, 0.05) is 6.54 Å². The maximum Gasteiger partial charge on any atom is 0.142 e. The molecular formula is C14H20ClFN2. The largest absolute Gasteiger partial charge is 0.319 e. The van der Waals surface area contributed by atoms with Crippen molar-refractivity contribution in [1.82, 2.24) is 10.2 Å². The highest BCUT2D eigenvalue weighted by Crippen LogP contribution is 2.20. The van der Waals surface area contributed by atoms with Gasteiger partial charge in [-0.2, -0.15) is 0 Å². The van der Waals surface area contributed by atoms with Crippen LogP contribution in [0.2, 0.25) is 5.02 Å². The average molecular weight is 271 g/mol. The summed E-state index contributed by atoms with van der Waals surface area (Å²) in [7, 11) is 2.00. The number of piperidine rings is 1. The Morgan fingerprint density at radius 1 is 1.39 bits per heavy atom. The van der Waals surface area contributed by atoms with E-state index >= 15 is 0 Å². The predicted molar refractivity (Wildman–Crippen MR) is 73.3 cm³/mol. The molecule has 2 nitrogen and oxygen atoms in total. The highest BCUT2D eigenvalue weighted by Gasteiger charge is 2.18. The Morgan fingerprint density at radius 2 is 2.11 bits per heavy atom. The molecule has 1 N–H and O–H groups in total. The van der Waals surface area contributed by atoms with E-state index in [4.69, 9.17) is 11.6 Å². The van der Waals surface area contributed by atoms with Crippen LogP contribution in [0.1, 0.15) is 18.4 Å². The Balaban J connectivity index is 1.85. The second kappa shape index (κ2) is 6.50. The number of hydrogen-bond donors (Lipinski definition) is 1. The van der Waals surface area contributed by atoms with Crippen LogP contribution in [0, 0.1) is 11.7 Å². The molecule has 18 heavy (non-hydrogen) atoms. The molecule has 0 aliphatic carbocycles. The van der Waals surface area contributed by atoms with Crippen molar-refractivity contribution < 1.29 is 4.39 Å². The van der Waals surface area contributed by atoms with Gasteiger partial charge in [-0.05, 0) is 63.1 Å². The molecule has 1 heterocycles. The molecule has 1 aromatic rings. The fourth-order valence-corrected chi connectivity index (χ4v) is 2.65. The van der Waals surface area contributed by atoms with E-state index in [-0.39, 0.29) is 10.8 Å². The van der Waals surface area contributed by atoms with Crippen molar-refractivity contribution in [1.29, 1.82) is 0 Å². The van der Waals surface area contributed by atoms with Crippen LogP contribution in [-0.2, 0) is 6.54 Å². The van der Waals surface area contributed by atoms with Crippen molar-refractivity contribution in [2.24, 2.45) is 5.92 Å². The Morgan fingerprint density at radius 3 is 2.72 bits per heavy atom. The molecule has 100 valence electrons. The van der Waals surface area contributed by atoms with E-state index in [9.17, 15) is 4.39 Å². The number of nitrogens with zero attached hydrogens (tertiary/aromatic N) is 1. The Labute approximate surface area is 113 Å². The van der Waals surface area contributed by atoms with E-state index in [0.717, 1.165) is 37.7 Å². The van der Waals surface area contributed by atoms with Gasteiger partial charge in [0.15, 0.2) is 0 Å². The van der Waals surface area contributed by atoms with Gasteiger partial charge in [-0.25, -0.2) is 4.39 Å². The van der Waals surface area contributed by atoms with Gasteiger partial charge in [0.1, 0.15) is 5.82 Å². The summed E-state index contributed by atoms with van der Waals surface area (Å²) in [6.45, 7) is 4.11. The Hall–Kier alpha value is -0.640. The first-order valence-corrected chi connectivity index (χ1v) is 6.87.